The minimum atomic E-state index is -3.57. The Hall–Kier alpha value is -1.28. The Morgan fingerprint density at radius 3 is 2.42 bits per heavy atom. The van der Waals surface area contributed by atoms with Crippen molar-refractivity contribution >= 4 is 66.4 Å². The quantitative estimate of drug-likeness (QED) is 0.611. The fourth-order valence-corrected chi connectivity index (χ4v) is 3.95. The Balaban J connectivity index is 2.01. The van der Waals surface area contributed by atoms with E-state index in [9.17, 15) is 13.2 Å². The van der Waals surface area contributed by atoms with Crippen LogP contribution < -0.4 is 9.62 Å². The normalized spacial score (nSPS) is 11.2. The molecule has 5 nitrogen and oxygen atoms in total. The van der Waals surface area contributed by atoms with Crippen molar-refractivity contribution in [2.24, 2.45) is 0 Å². The first kappa shape index (κ1) is 21.0. The highest BCUT2D eigenvalue weighted by atomic mass is 79.9. The smallest absolute Gasteiger partial charge is 0.232 e. The van der Waals surface area contributed by atoms with E-state index < -0.39 is 10.0 Å². The Labute approximate surface area is 171 Å². The van der Waals surface area contributed by atoms with Gasteiger partial charge < -0.3 is 5.32 Å². The molecule has 0 unspecified atom stereocenters. The summed E-state index contributed by atoms with van der Waals surface area (Å²) in [7, 11) is -3.57. The molecule has 0 aliphatic rings. The molecule has 140 valence electrons. The van der Waals surface area contributed by atoms with Crippen LogP contribution in [0.25, 0.3) is 0 Å². The number of hydrogen-bond donors (Lipinski definition) is 1. The van der Waals surface area contributed by atoms with Crippen molar-refractivity contribution in [3.05, 3.63) is 57.0 Å². The highest BCUT2D eigenvalue weighted by Crippen LogP contribution is 2.30. The SMILES string of the molecule is CS(=O)(=O)N(CCCC(=O)Nc1ccc(Br)cc1)c1cc(Cl)ccc1Cl. The summed E-state index contributed by atoms with van der Waals surface area (Å²) < 4.78 is 26.3. The molecule has 2 rings (SSSR count). The summed E-state index contributed by atoms with van der Waals surface area (Å²) in [5.74, 6) is -0.196. The lowest BCUT2D eigenvalue weighted by molar-refractivity contribution is -0.116. The second-order valence-corrected chi connectivity index (χ2v) is 9.26. The van der Waals surface area contributed by atoms with Crippen molar-refractivity contribution in [2.75, 3.05) is 22.4 Å². The van der Waals surface area contributed by atoms with Gasteiger partial charge in [-0.15, -0.1) is 0 Å². The second kappa shape index (κ2) is 9.08. The van der Waals surface area contributed by atoms with E-state index in [1.807, 2.05) is 12.1 Å². The summed E-state index contributed by atoms with van der Waals surface area (Å²) in [6, 6.07) is 11.8. The van der Waals surface area contributed by atoms with Crippen molar-refractivity contribution < 1.29 is 13.2 Å². The molecule has 1 amide bonds. The predicted molar refractivity (Wildman–Crippen MR) is 111 cm³/mol. The van der Waals surface area contributed by atoms with Crippen molar-refractivity contribution in [3.63, 3.8) is 0 Å². The van der Waals surface area contributed by atoms with Gasteiger partial charge in [-0.25, -0.2) is 8.42 Å². The van der Waals surface area contributed by atoms with Crippen LogP contribution in [0.4, 0.5) is 11.4 Å². The van der Waals surface area contributed by atoms with Crippen LogP contribution in [0.15, 0.2) is 46.9 Å². The van der Waals surface area contributed by atoms with E-state index in [2.05, 4.69) is 21.2 Å². The van der Waals surface area contributed by atoms with E-state index in [0.717, 1.165) is 15.0 Å². The Kier molecular flexibility index (Phi) is 7.34. The zero-order chi connectivity index (χ0) is 19.3. The molecule has 0 atom stereocenters. The molecular formula is C17H17BrCl2N2O3S. The number of carbonyl (C=O) groups is 1. The Morgan fingerprint density at radius 2 is 1.81 bits per heavy atom. The molecule has 26 heavy (non-hydrogen) atoms. The van der Waals surface area contributed by atoms with Crippen LogP contribution in [-0.4, -0.2) is 27.1 Å². The fourth-order valence-electron chi connectivity index (χ4n) is 2.28. The summed E-state index contributed by atoms with van der Waals surface area (Å²) >= 11 is 15.4. The second-order valence-electron chi connectivity index (χ2n) is 5.59. The van der Waals surface area contributed by atoms with Crippen molar-refractivity contribution in [1.82, 2.24) is 0 Å². The highest BCUT2D eigenvalue weighted by Gasteiger charge is 2.20. The van der Waals surface area contributed by atoms with Gasteiger partial charge in [-0.2, -0.15) is 0 Å². The minimum Gasteiger partial charge on any atom is -0.326 e. The number of benzene rings is 2. The van der Waals surface area contributed by atoms with Crippen LogP contribution in [0, 0.1) is 0 Å². The lowest BCUT2D eigenvalue weighted by Gasteiger charge is -2.23. The van der Waals surface area contributed by atoms with Gasteiger partial charge in [0.25, 0.3) is 0 Å². The third-order valence-corrected chi connectivity index (χ3v) is 5.73. The summed E-state index contributed by atoms with van der Waals surface area (Å²) in [6.45, 7) is 0.118. The molecular weight excluding hydrogens is 463 g/mol. The monoisotopic (exact) mass is 478 g/mol. The molecule has 0 spiro atoms. The number of hydrogen-bond acceptors (Lipinski definition) is 3. The first-order valence-corrected chi connectivity index (χ1v) is 11.0. The number of halogens is 3. The zero-order valence-corrected chi connectivity index (χ0v) is 17.8. The molecule has 0 radical (unpaired) electrons. The molecule has 0 saturated carbocycles. The zero-order valence-electron chi connectivity index (χ0n) is 13.9. The van der Waals surface area contributed by atoms with Gasteiger partial charge in [-0.3, -0.25) is 9.10 Å². The van der Waals surface area contributed by atoms with Gasteiger partial charge in [-0.1, -0.05) is 39.1 Å². The van der Waals surface area contributed by atoms with Crippen molar-refractivity contribution in [2.45, 2.75) is 12.8 Å². The molecule has 0 fully saturated rings. The standard InChI is InChI=1S/C17H17BrCl2N2O3S/c1-26(24,25)22(16-11-13(19)6-9-15(16)20)10-2-3-17(23)21-14-7-4-12(18)5-8-14/h4-9,11H,2-3,10H2,1H3,(H,21,23). The molecule has 9 heteroatoms. The number of amides is 1. The summed E-state index contributed by atoms with van der Waals surface area (Å²) in [6.07, 6.45) is 1.59. The van der Waals surface area contributed by atoms with Crippen LogP contribution >= 0.6 is 39.1 Å². The lowest BCUT2D eigenvalue weighted by Crippen LogP contribution is -2.31. The predicted octanol–water partition coefficient (Wildman–Crippen LogP) is 4.94. The molecule has 0 heterocycles. The summed E-state index contributed by atoms with van der Waals surface area (Å²) in [5, 5.41) is 3.42. The Bertz CT molecular complexity index is 889. The van der Waals surface area contributed by atoms with Gasteiger partial charge in [0.15, 0.2) is 0 Å². The number of rotatable bonds is 7. The molecule has 0 saturated heterocycles. The highest BCUT2D eigenvalue weighted by molar-refractivity contribution is 9.10. The van der Waals surface area contributed by atoms with Gasteiger partial charge in [-0.05, 0) is 48.9 Å². The Morgan fingerprint density at radius 1 is 1.15 bits per heavy atom. The molecule has 0 bridgehead atoms. The first-order chi connectivity index (χ1) is 12.2. The molecule has 0 aromatic heterocycles. The number of carbonyl (C=O) groups excluding carboxylic acids is 1. The third kappa shape index (κ3) is 6.16. The van der Waals surface area contributed by atoms with Crippen LogP contribution in [0.3, 0.4) is 0 Å². The van der Waals surface area contributed by atoms with Gasteiger partial charge >= 0.3 is 0 Å². The molecule has 1 N–H and O–H groups in total. The maximum absolute atomic E-state index is 12.1. The number of nitrogens with one attached hydrogen (secondary N) is 1. The van der Waals surface area contributed by atoms with Crippen LogP contribution in [0.2, 0.25) is 10.0 Å². The maximum atomic E-state index is 12.1. The summed E-state index contributed by atoms with van der Waals surface area (Å²) in [5.41, 5.74) is 0.978. The van der Waals surface area contributed by atoms with E-state index >= 15 is 0 Å². The maximum Gasteiger partial charge on any atom is 0.232 e. The summed E-state index contributed by atoms with van der Waals surface area (Å²) in [4.78, 5) is 12.0. The first-order valence-electron chi connectivity index (χ1n) is 7.65. The molecule has 2 aromatic carbocycles. The van der Waals surface area contributed by atoms with Gasteiger partial charge in [0.05, 0.1) is 17.0 Å². The van der Waals surface area contributed by atoms with Crippen LogP contribution in [0.5, 0.6) is 0 Å². The fraction of sp³-hybridized carbons (Fsp3) is 0.235. The topological polar surface area (TPSA) is 66.5 Å². The number of nitrogens with zero attached hydrogens (tertiary/aromatic N) is 1. The van der Waals surface area contributed by atoms with E-state index in [4.69, 9.17) is 23.2 Å². The van der Waals surface area contributed by atoms with E-state index in [1.54, 1.807) is 18.2 Å². The van der Waals surface area contributed by atoms with Crippen LogP contribution in [0.1, 0.15) is 12.8 Å². The molecule has 2 aromatic rings. The number of sulfonamides is 1. The average molecular weight is 480 g/mol. The number of anilines is 2. The minimum absolute atomic E-state index is 0.118. The lowest BCUT2D eigenvalue weighted by atomic mass is 10.2. The van der Waals surface area contributed by atoms with Gasteiger partial charge in [0.2, 0.25) is 15.9 Å². The van der Waals surface area contributed by atoms with E-state index in [0.29, 0.717) is 22.8 Å². The van der Waals surface area contributed by atoms with Gasteiger partial charge in [0.1, 0.15) is 0 Å². The van der Waals surface area contributed by atoms with Crippen molar-refractivity contribution in [3.8, 4) is 0 Å². The van der Waals surface area contributed by atoms with E-state index in [-0.39, 0.29) is 23.9 Å². The molecule has 0 aliphatic carbocycles. The largest absolute Gasteiger partial charge is 0.326 e. The third-order valence-electron chi connectivity index (χ3n) is 3.47. The van der Waals surface area contributed by atoms with Crippen molar-refractivity contribution in [1.29, 1.82) is 0 Å². The van der Waals surface area contributed by atoms with Crippen LogP contribution in [-0.2, 0) is 14.8 Å². The molecule has 0 aliphatic heterocycles. The van der Waals surface area contributed by atoms with E-state index in [1.165, 1.54) is 12.1 Å². The average Bonchev–Trinajstić information content (AvgIpc) is 2.55. The van der Waals surface area contributed by atoms with Gasteiger partial charge in [0, 0.05) is 28.1 Å².